The fourth-order valence-electron chi connectivity index (χ4n) is 4.38. The van der Waals surface area contributed by atoms with E-state index in [9.17, 15) is 19.7 Å². The molecule has 0 N–H and O–H groups in total. The molecule has 2 aromatic carbocycles. The minimum absolute atomic E-state index is 0.0303. The summed E-state index contributed by atoms with van der Waals surface area (Å²) >= 11 is 6.15. The number of hydrogen-bond acceptors (Lipinski definition) is 5. The molecular formula is C23H21ClN2O5. The third-order valence-electron chi connectivity index (χ3n) is 5.62. The second-order valence-corrected chi connectivity index (χ2v) is 7.96. The molecule has 2 aromatic rings. The van der Waals surface area contributed by atoms with Crippen molar-refractivity contribution in [2.24, 2.45) is 0 Å². The number of nitro benzene ring substituents is 1. The van der Waals surface area contributed by atoms with E-state index in [1.54, 1.807) is 31.2 Å². The Morgan fingerprint density at radius 3 is 2.71 bits per heavy atom. The minimum atomic E-state index is -0.529. The van der Waals surface area contributed by atoms with E-state index in [1.165, 1.54) is 17.0 Å². The molecule has 160 valence electrons. The largest absolute Gasteiger partial charge is 0.494 e. The third kappa shape index (κ3) is 3.93. The van der Waals surface area contributed by atoms with Crippen molar-refractivity contribution in [3.8, 4) is 5.75 Å². The highest BCUT2D eigenvalue weighted by atomic mass is 35.5. The van der Waals surface area contributed by atoms with Gasteiger partial charge in [0.15, 0.2) is 5.78 Å². The lowest BCUT2D eigenvalue weighted by Gasteiger charge is -2.38. The van der Waals surface area contributed by atoms with Gasteiger partial charge in [-0.2, -0.15) is 0 Å². The van der Waals surface area contributed by atoms with Crippen LogP contribution in [-0.4, -0.2) is 23.2 Å². The van der Waals surface area contributed by atoms with Crippen LogP contribution in [-0.2, 0) is 9.59 Å². The molecular weight excluding hydrogens is 420 g/mol. The maximum atomic E-state index is 13.3. The standard InChI is InChI=1S/C23H21ClN2O5/c1-2-31-16-9-10-18(20(12-16)26(29)30)25-19-7-4-8-21(27)23(19)17(13-22(25)28)14-5-3-6-15(24)11-14/h3,5-6,9-12,17H,2,4,7-8,13H2,1H3. The van der Waals surface area contributed by atoms with Crippen LogP contribution in [0.3, 0.4) is 0 Å². The van der Waals surface area contributed by atoms with E-state index < -0.39 is 10.8 Å². The minimum Gasteiger partial charge on any atom is -0.494 e. The molecule has 1 aliphatic carbocycles. The first-order valence-corrected chi connectivity index (χ1v) is 10.5. The van der Waals surface area contributed by atoms with Gasteiger partial charge < -0.3 is 4.74 Å². The Hall–Kier alpha value is -3.19. The highest BCUT2D eigenvalue weighted by Gasteiger charge is 2.41. The number of hydrogen-bond donors (Lipinski definition) is 0. The van der Waals surface area contributed by atoms with E-state index in [2.05, 4.69) is 0 Å². The zero-order chi connectivity index (χ0) is 22.1. The number of ether oxygens (including phenoxy) is 1. The summed E-state index contributed by atoms with van der Waals surface area (Å²) < 4.78 is 5.39. The molecule has 8 heteroatoms. The van der Waals surface area contributed by atoms with Gasteiger partial charge in [-0.25, -0.2) is 0 Å². The normalized spacial score (nSPS) is 18.8. The van der Waals surface area contributed by atoms with Crippen LogP contribution in [0.25, 0.3) is 0 Å². The first kappa shape index (κ1) is 21.1. The fraction of sp³-hybridized carbons (Fsp3) is 0.304. The molecule has 4 rings (SSSR count). The van der Waals surface area contributed by atoms with Gasteiger partial charge in [0.1, 0.15) is 11.4 Å². The van der Waals surface area contributed by atoms with Crippen molar-refractivity contribution >= 4 is 34.7 Å². The SMILES string of the molecule is CCOc1ccc(N2C(=O)CC(c3cccc(Cl)c3)C3=C2CCCC3=O)c([N+](=O)[O-])c1. The Balaban J connectivity index is 1.88. The number of carbonyl (C=O) groups is 2. The highest BCUT2D eigenvalue weighted by Crippen LogP contribution is 2.46. The van der Waals surface area contributed by atoms with E-state index in [0.29, 0.717) is 47.9 Å². The van der Waals surface area contributed by atoms with Crippen LogP contribution in [0.4, 0.5) is 11.4 Å². The van der Waals surface area contributed by atoms with Crippen molar-refractivity contribution in [2.45, 2.75) is 38.5 Å². The average Bonchev–Trinajstić information content (AvgIpc) is 2.74. The monoisotopic (exact) mass is 440 g/mol. The lowest BCUT2D eigenvalue weighted by Crippen LogP contribution is -2.40. The number of benzene rings is 2. The van der Waals surface area contributed by atoms with E-state index >= 15 is 0 Å². The quantitative estimate of drug-likeness (QED) is 0.472. The molecule has 31 heavy (non-hydrogen) atoms. The molecule has 1 unspecified atom stereocenters. The lowest BCUT2D eigenvalue weighted by atomic mass is 9.77. The molecule has 0 saturated carbocycles. The summed E-state index contributed by atoms with van der Waals surface area (Å²) in [5, 5.41) is 12.3. The van der Waals surface area contributed by atoms with E-state index in [1.807, 2.05) is 6.07 Å². The van der Waals surface area contributed by atoms with Gasteiger partial charge in [-0.1, -0.05) is 23.7 Å². The molecule has 1 amide bonds. The van der Waals surface area contributed by atoms with E-state index in [0.717, 1.165) is 5.56 Å². The molecule has 1 aliphatic heterocycles. The second kappa shape index (κ2) is 8.51. The van der Waals surface area contributed by atoms with Crippen molar-refractivity contribution in [1.82, 2.24) is 0 Å². The van der Waals surface area contributed by atoms with Crippen LogP contribution in [0.2, 0.25) is 5.02 Å². The van der Waals surface area contributed by atoms with Crippen molar-refractivity contribution in [2.75, 3.05) is 11.5 Å². The van der Waals surface area contributed by atoms with Crippen LogP contribution in [0.1, 0.15) is 44.1 Å². The summed E-state index contributed by atoms with van der Waals surface area (Å²) in [6.45, 7) is 2.15. The summed E-state index contributed by atoms with van der Waals surface area (Å²) in [6.07, 6.45) is 1.52. The van der Waals surface area contributed by atoms with Crippen LogP contribution in [0, 0.1) is 10.1 Å². The number of allylic oxidation sites excluding steroid dienone is 2. The Morgan fingerprint density at radius 1 is 1.19 bits per heavy atom. The number of nitrogens with zero attached hydrogens (tertiary/aromatic N) is 2. The number of rotatable bonds is 5. The summed E-state index contributed by atoms with van der Waals surface area (Å²) in [4.78, 5) is 38.9. The molecule has 0 fully saturated rings. The molecule has 0 spiro atoms. The number of nitro groups is 1. The van der Waals surface area contributed by atoms with Crippen LogP contribution in [0.15, 0.2) is 53.7 Å². The fourth-order valence-corrected chi connectivity index (χ4v) is 4.57. The van der Waals surface area contributed by atoms with Crippen LogP contribution in [0.5, 0.6) is 5.75 Å². The molecule has 7 nitrogen and oxygen atoms in total. The van der Waals surface area contributed by atoms with Gasteiger partial charge in [0, 0.05) is 35.1 Å². The van der Waals surface area contributed by atoms with Crippen molar-refractivity contribution < 1.29 is 19.2 Å². The molecule has 0 saturated heterocycles. The Kier molecular flexibility index (Phi) is 5.78. The highest BCUT2D eigenvalue weighted by molar-refractivity contribution is 6.30. The average molecular weight is 441 g/mol. The van der Waals surface area contributed by atoms with Crippen molar-refractivity contribution in [1.29, 1.82) is 0 Å². The summed E-state index contributed by atoms with van der Waals surface area (Å²) in [5.74, 6) is -0.372. The van der Waals surface area contributed by atoms with Crippen molar-refractivity contribution in [3.05, 3.63) is 74.4 Å². The molecule has 1 atom stereocenters. The number of ketones is 1. The van der Waals surface area contributed by atoms with Crippen LogP contribution < -0.4 is 9.64 Å². The molecule has 2 aliphatic rings. The second-order valence-electron chi connectivity index (χ2n) is 7.52. The maximum Gasteiger partial charge on any atom is 0.297 e. The topological polar surface area (TPSA) is 89.8 Å². The van der Waals surface area contributed by atoms with Crippen molar-refractivity contribution in [3.63, 3.8) is 0 Å². The van der Waals surface area contributed by atoms with Gasteiger partial charge in [0.05, 0.1) is 17.6 Å². The Morgan fingerprint density at radius 2 is 2.00 bits per heavy atom. The molecule has 0 bridgehead atoms. The number of anilines is 1. The predicted molar refractivity (Wildman–Crippen MR) is 116 cm³/mol. The Labute approximate surface area is 184 Å². The number of amides is 1. The van der Waals surface area contributed by atoms with E-state index in [4.69, 9.17) is 16.3 Å². The summed E-state index contributed by atoms with van der Waals surface area (Å²) in [5.41, 5.74) is 1.82. The summed E-state index contributed by atoms with van der Waals surface area (Å²) in [6, 6.07) is 11.6. The third-order valence-corrected chi connectivity index (χ3v) is 5.86. The van der Waals surface area contributed by atoms with Crippen LogP contribution >= 0.6 is 11.6 Å². The number of carbonyl (C=O) groups excluding carboxylic acids is 2. The first-order chi connectivity index (χ1) is 14.9. The predicted octanol–water partition coefficient (Wildman–Crippen LogP) is 5.17. The Bertz CT molecular complexity index is 1110. The maximum absolute atomic E-state index is 13.3. The zero-order valence-corrected chi connectivity index (χ0v) is 17.7. The molecule has 0 aromatic heterocycles. The molecule has 0 radical (unpaired) electrons. The van der Waals surface area contributed by atoms with Gasteiger partial charge in [0.25, 0.3) is 5.69 Å². The van der Waals surface area contributed by atoms with Gasteiger partial charge >= 0.3 is 0 Å². The molecule has 1 heterocycles. The number of halogens is 1. The van der Waals surface area contributed by atoms with Gasteiger partial charge in [-0.15, -0.1) is 0 Å². The smallest absolute Gasteiger partial charge is 0.297 e. The van der Waals surface area contributed by atoms with Gasteiger partial charge in [-0.05, 0) is 49.6 Å². The summed E-state index contributed by atoms with van der Waals surface area (Å²) in [7, 11) is 0. The first-order valence-electron chi connectivity index (χ1n) is 10.2. The lowest BCUT2D eigenvalue weighted by molar-refractivity contribution is -0.384. The van der Waals surface area contributed by atoms with Gasteiger partial charge in [-0.3, -0.25) is 24.6 Å². The van der Waals surface area contributed by atoms with E-state index in [-0.39, 0.29) is 29.5 Å². The zero-order valence-electron chi connectivity index (χ0n) is 17.0. The number of Topliss-reactive ketones (excluding diaryl/α,β-unsaturated/α-hetero) is 1. The van der Waals surface area contributed by atoms with Gasteiger partial charge in [0.2, 0.25) is 5.91 Å².